The normalized spacial score (nSPS) is 15.2. The van der Waals surface area contributed by atoms with E-state index < -0.39 is 6.43 Å². The highest BCUT2D eigenvalue weighted by atomic mass is 19.3. The standard InChI is InChI=1S/C11H12F2N2O2/c1-6(16)5-15-10-7(3-2-4-8(10)17)9(14-15)11(12)13/h11H,2-5H2,1H3. The van der Waals surface area contributed by atoms with Gasteiger partial charge in [-0.15, -0.1) is 0 Å². The predicted octanol–water partition coefficient (Wildman–Crippen LogP) is 1.93. The number of rotatable bonds is 3. The Morgan fingerprint density at radius 3 is 2.76 bits per heavy atom. The lowest BCUT2D eigenvalue weighted by atomic mass is 9.94. The van der Waals surface area contributed by atoms with E-state index >= 15 is 0 Å². The third-order valence-corrected chi connectivity index (χ3v) is 2.76. The van der Waals surface area contributed by atoms with Gasteiger partial charge in [0.05, 0.1) is 0 Å². The molecule has 6 heteroatoms. The molecule has 1 aliphatic carbocycles. The molecule has 0 saturated carbocycles. The quantitative estimate of drug-likeness (QED) is 0.813. The van der Waals surface area contributed by atoms with Crippen LogP contribution in [-0.2, 0) is 17.8 Å². The molecule has 0 fully saturated rings. The second-order valence-electron chi connectivity index (χ2n) is 4.15. The van der Waals surface area contributed by atoms with Gasteiger partial charge in [0.15, 0.2) is 11.6 Å². The highest BCUT2D eigenvalue weighted by molar-refractivity contribution is 5.97. The average Bonchev–Trinajstić information content (AvgIpc) is 2.57. The van der Waals surface area contributed by atoms with Gasteiger partial charge in [0.2, 0.25) is 0 Å². The van der Waals surface area contributed by atoms with E-state index in [4.69, 9.17) is 0 Å². The predicted molar refractivity (Wildman–Crippen MR) is 55.1 cm³/mol. The van der Waals surface area contributed by atoms with Crippen LogP contribution in [0.3, 0.4) is 0 Å². The first-order chi connectivity index (χ1) is 8.00. The number of fused-ring (bicyclic) bond motifs is 1. The van der Waals surface area contributed by atoms with Crippen LogP contribution in [-0.4, -0.2) is 21.3 Å². The van der Waals surface area contributed by atoms with Gasteiger partial charge in [-0.3, -0.25) is 14.3 Å². The fraction of sp³-hybridized carbons (Fsp3) is 0.545. The van der Waals surface area contributed by atoms with Gasteiger partial charge < -0.3 is 0 Å². The molecular weight excluding hydrogens is 230 g/mol. The maximum absolute atomic E-state index is 12.8. The minimum absolute atomic E-state index is 0.124. The molecule has 17 heavy (non-hydrogen) atoms. The van der Waals surface area contributed by atoms with Crippen LogP contribution < -0.4 is 0 Å². The molecule has 0 aliphatic heterocycles. The van der Waals surface area contributed by atoms with Gasteiger partial charge in [0.1, 0.15) is 17.9 Å². The average molecular weight is 242 g/mol. The topological polar surface area (TPSA) is 52.0 Å². The Labute approximate surface area is 96.6 Å². The maximum Gasteiger partial charge on any atom is 0.282 e. The van der Waals surface area contributed by atoms with Crippen LogP contribution in [0, 0.1) is 0 Å². The van der Waals surface area contributed by atoms with Gasteiger partial charge in [-0.2, -0.15) is 5.10 Å². The number of halogens is 2. The van der Waals surface area contributed by atoms with Crippen molar-refractivity contribution in [3.8, 4) is 0 Å². The molecule has 1 heterocycles. The molecule has 0 bridgehead atoms. The van der Waals surface area contributed by atoms with Crippen LogP contribution in [0.2, 0.25) is 0 Å². The molecule has 0 atom stereocenters. The Morgan fingerprint density at radius 1 is 1.47 bits per heavy atom. The van der Waals surface area contributed by atoms with Crippen LogP contribution in [0.4, 0.5) is 8.78 Å². The van der Waals surface area contributed by atoms with E-state index in [0.717, 1.165) is 4.68 Å². The summed E-state index contributed by atoms with van der Waals surface area (Å²) >= 11 is 0. The smallest absolute Gasteiger partial charge is 0.282 e. The maximum atomic E-state index is 12.8. The number of aromatic nitrogens is 2. The van der Waals surface area contributed by atoms with Crippen LogP contribution in [0.25, 0.3) is 0 Å². The first-order valence-electron chi connectivity index (χ1n) is 5.41. The van der Waals surface area contributed by atoms with E-state index in [1.165, 1.54) is 6.92 Å². The zero-order valence-corrected chi connectivity index (χ0v) is 9.37. The Morgan fingerprint density at radius 2 is 2.18 bits per heavy atom. The molecule has 1 aliphatic rings. The minimum atomic E-state index is -2.71. The van der Waals surface area contributed by atoms with Crippen molar-refractivity contribution >= 4 is 11.6 Å². The summed E-state index contributed by atoms with van der Waals surface area (Å²) < 4.78 is 26.6. The van der Waals surface area contributed by atoms with Gasteiger partial charge in [-0.25, -0.2) is 8.78 Å². The first kappa shape index (κ1) is 11.9. The second kappa shape index (κ2) is 4.35. The minimum Gasteiger partial charge on any atom is -0.298 e. The van der Waals surface area contributed by atoms with Crippen LogP contribution in [0.1, 0.15) is 47.9 Å². The molecule has 0 spiro atoms. The number of nitrogens with zero attached hydrogens (tertiary/aromatic N) is 2. The lowest BCUT2D eigenvalue weighted by Gasteiger charge is -2.12. The van der Waals surface area contributed by atoms with Crippen molar-refractivity contribution in [1.82, 2.24) is 9.78 Å². The number of ketones is 2. The molecule has 92 valence electrons. The summed E-state index contributed by atoms with van der Waals surface area (Å²) in [4.78, 5) is 22.7. The third-order valence-electron chi connectivity index (χ3n) is 2.76. The molecule has 0 unspecified atom stereocenters. The Kier molecular flexibility index (Phi) is 3.04. The van der Waals surface area contributed by atoms with E-state index in [1.54, 1.807) is 0 Å². The Bertz CT molecular complexity index is 480. The van der Waals surface area contributed by atoms with Crippen molar-refractivity contribution in [2.24, 2.45) is 0 Å². The molecule has 0 radical (unpaired) electrons. The van der Waals surface area contributed by atoms with Crippen molar-refractivity contribution in [3.63, 3.8) is 0 Å². The van der Waals surface area contributed by atoms with E-state index in [2.05, 4.69) is 5.10 Å². The molecule has 0 aromatic carbocycles. The summed E-state index contributed by atoms with van der Waals surface area (Å²) in [6.45, 7) is 1.21. The molecule has 1 aromatic heterocycles. The molecule has 0 amide bonds. The lowest BCUT2D eigenvalue weighted by Crippen LogP contribution is -2.18. The summed E-state index contributed by atoms with van der Waals surface area (Å²) in [5.74, 6) is -0.415. The molecule has 0 saturated heterocycles. The number of hydrogen-bond acceptors (Lipinski definition) is 3. The number of carbonyl (C=O) groups is 2. The molecule has 2 rings (SSSR count). The summed E-state index contributed by atoms with van der Waals surface area (Å²) in [6, 6.07) is 0. The van der Waals surface area contributed by atoms with Crippen LogP contribution in [0.15, 0.2) is 0 Å². The summed E-state index contributed by atoms with van der Waals surface area (Å²) in [6.07, 6.45) is -1.38. The second-order valence-corrected chi connectivity index (χ2v) is 4.15. The monoisotopic (exact) mass is 242 g/mol. The van der Waals surface area contributed by atoms with Gasteiger partial charge >= 0.3 is 0 Å². The van der Waals surface area contributed by atoms with E-state index in [9.17, 15) is 18.4 Å². The summed E-state index contributed by atoms with van der Waals surface area (Å²) in [5, 5.41) is 3.71. The van der Waals surface area contributed by atoms with E-state index in [0.29, 0.717) is 24.8 Å². The van der Waals surface area contributed by atoms with Crippen molar-refractivity contribution in [1.29, 1.82) is 0 Å². The highest BCUT2D eigenvalue weighted by Crippen LogP contribution is 2.30. The largest absolute Gasteiger partial charge is 0.298 e. The molecular formula is C11H12F2N2O2. The van der Waals surface area contributed by atoms with Gasteiger partial charge in [0.25, 0.3) is 6.43 Å². The highest BCUT2D eigenvalue weighted by Gasteiger charge is 2.30. The van der Waals surface area contributed by atoms with Crippen LogP contribution in [0.5, 0.6) is 0 Å². The van der Waals surface area contributed by atoms with Crippen molar-refractivity contribution in [2.45, 2.75) is 39.2 Å². The fourth-order valence-electron chi connectivity index (χ4n) is 2.12. The molecule has 0 N–H and O–H groups in total. The van der Waals surface area contributed by atoms with Gasteiger partial charge in [0, 0.05) is 12.0 Å². The zero-order chi connectivity index (χ0) is 12.6. The van der Waals surface area contributed by atoms with Gasteiger partial charge in [-0.05, 0) is 19.8 Å². The number of hydrogen-bond donors (Lipinski definition) is 0. The van der Waals surface area contributed by atoms with Gasteiger partial charge in [-0.1, -0.05) is 0 Å². The Hall–Kier alpha value is -1.59. The Balaban J connectivity index is 2.52. The number of alkyl halides is 2. The number of carbonyl (C=O) groups excluding carboxylic acids is 2. The van der Waals surface area contributed by atoms with Crippen molar-refractivity contribution in [3.05, 3.63) is 17.0 Å². The van der Waals surface area contributed by atoms with Crippen LogP contribution >= 0.6 is 0 Å². The summed E-state index contributed by atoms with van der Waals surface area (Å²) in [5.41, 5.74) is 0.161. The molecule has 1 aromatic rings. The lowest BCUT2D eigenvalue weighted by molar-refractivity contribution is -0.117. The fourth-order valence-corrected chi connectivity index (χ4v) is 2.12. The molecule has 4 nitrogen and oxygen atoms in total. The zero-order valence-electron chi connectivity index (χ0n) is 9.37. The third kappa shape index (κ3) is 2.11. The summed E-state index contributed by atoms with van der Waals surface area (Å²) in [7, 11) is 0. The van der Waals surface area contributed by atoms with Crippen molar-refractivity contribution in [2.75, 3.05) is 0 Å². The first-order valence-corrected chi connectivity index (χ1v) is 5.41. The number of Topliss-reactive ketones (excluding diaryl/α,β-unsaturated/α-hetero) is 2. The SMILES string of the molecule is CC(=O)Cn1nc(C(F)F)c2c1C(=O)CCC2. The van der Waals surface area contributed by atoms with E-state index in [1.807, 2.05) is 0 Å². The van der Waals surface area contributed by atoms with E-state index in [-0.39, 0.29) is 29.5 Å². The van der Waals surface area contributed by atoms with Crippen molar-refractivity contribution < 1.29 is 18.4 Å².